The second-order valence-corrected chi connectivity index (χ2v) is 7.99. The number of hydrogen-bond acceptors (Lipinski definition) is 4. The summed E-state index contributed by atoms with van der Waals surface area (Å²) in [6.45, 7) is 4.06. The maximum Gasteiger partial charge on any atom is 0.409 e. The van der Waals surface area contributed by atoms with Crippen LogP contribution in [0.15, 0.2) is 24.3 Å². The van der Waals surface area contributed by atoms with Crippen LogP contribution in [0, 0.1) is 0 Å². The summed E-state index contributed by atoms with van der Waals surface area (Å²) in [5.41, 5.74) is -0.0626. The minimum atomic E-state index is -1.39. The van der Waals surface area contributed by atoms with E-state index in [2.05, 4.69) is 4.98 Å². The predicted octanol–water partition coefficient (Wildman–Crippen LogP) is 4.15. The zero-order chi connectivity index (χ0) is 20.6. The number of amides is 2. The maximum absolute atomic E-state index is 14.4. The van der Waals surface area contributed by atoms with E-state index in [1.807, 2.05) is 6.92 Å². The van der Waals surface area contributed by atoms with Gasteiger partial charge in [0, 0.05) is 37.1 Å². The van der Waals surface area contributed by atoms with Gasteiger partial charge in [-0.05, 0) is 37.5 Å². The summed E-state index contributed by atoms with van der Waals surface area (Å²) in [6.07, 6.45) is 1.34. The number of halogens is 2. The molecule has 29 heavy (non-hydrogen) atoms. The van der Waals surface area contributed by atoms with Crippen molar-refractivity contribution in [2.24, 2.45) is 0 Å². The van der Waals surface area contributed by atoms with E-state index in [4.69, 9.17) is 16.3 Å². The Bertz CT molecular complexity index is 956. The van der Waals surface area contributed by atoms with Crippen LogP contribution in [-0.2, 0) is 10.4 Å². The van der Waals surface area contributed by atoms with Gasteiger partial charge in [-0.1, -0.05) is 24.6 Å². The van der Waals surface area contributed by atoms with E-state index in [1.54, 1.807) is 34.1 Å². The molecule has 1 saturated carbocycles. The quantitative estimate of drug-likeness (QED) is 0.746. The topological polar surface area (TPSA) is 62.7 Å². The average Bonchev–Trinajstić information content (AvgIpc) is 3.49. The number of aromatic nitrogens is 1. The zero-order valence-corrected chi connectivity index (χ0v) is 17.0. The predicted molar refractivity (Wildman–Crippen MR) is 108 cm³/mol. The van der Waals surface area contributed by atoms with Gasteiger partial charge in [0.15, 0.2) is 5.67 Å². The molecule has 0 radical (unpaired) electrons. The highest BCUT2D eigenvalue weighted by atomic mass is 35.5. The van der Waals surface area contributed by atoms with Gasteiger partial charge < -0.3 is 14.5 Å². The molecule has 0 atom stereocenters. The molecule has 2 aromatic rings. The molecule has 154 valence electrons. The maximum atomic E-state index is 14.4. The third-order valence-electron chi connectivity index (χ3n) is 5.41. The van der Waals surface area contributed by atoms with Gasteiger partial charge in [0.05, 0.1) is 22.8 Å². The van der Waals surface area contributed by atoms with Crippen LogP contribution in [0.25, 0.3) is 10.9 Å². The van der Waals surface area contributed by atoms with Crippen LogP contribution < -0.4 is 0 Å². The van der Waals surface area contributed by atoms with Gasteiger partial charge >= 0.3 is 6.09 Å². The zero-order valence-electron chi connectivity index (χ0n) is 16.3. The number of ether oxygens (including phenoxy) is 1. The highest BCUT2D eigenvalue weighted by Crippen LogP contribution is 2.49. The first-order chi connectivity index (χ1) is 13.9. The molecule has 2 fully saturated rings. The SMILES string of the molecule is CCCOC(=O)N1CCN(C(=O)c2ccc3c(Cl)cc(C4(F)CC4)nc3c2)CC1. The summed E-state index contributed by atoms with van der Waals surface area (Å²) in [5.74, 6) is -0.141. The summed E-state index contributed by atoms with van der Waals surface area (Å²) in [5, 5.41) is 1.13. The Hall–Kier alpha value is -2.41. The van der Waals surface area contributed by atoms with Gasteiger partial charge in [0.25, 0.3) is 5.91 Å². The minimum absolute atomic E-state index is 0.141. The normalized spacial score (nSPS) is 18.0. The van der Waals surface area contributed by atoms with Crippen molar-refractivity contribution in [2.45, 2.75) is 31.9 Å². The Kier molecular flexibility index (Phi) is 5.34. The van der Waals surface area contributed by atoms with Gasteiger partial charge in [-0.3, -0.25) is 4.79 Å². The Morgan fingerprint density at radius 1 is 1.17 bits per heavy atom. The third-order valence-corrected chi connectivity index (χ3v) is 5.72. The van der Waals surface area contributed by atoms with Crippen molar-refractivity contribution < 1.29 is 18.7 Å². The molecule has 1 aliphatic carbocycles. The lowest BCUT2D eigenvalue weighted by atomic mass is 10.1. The van der Waals surface area contributed by atoms with Crippen LogP contribution in [-0.4, -0.2) is 59.6 Å². The summed E-state index contributed by atoms with van der Waals surface area (Å²) in [6, 6.07) is 6.70. The number of rotatable bonds is 4. The summed E-state index contributed by atoms with van der Waals surface area (Å²) < 4.78 is 19.6. The second-order valence-electron chi connectivity index (χ2n) is 7.58. The molecule has 0 N–H and O–H groups in total. The van der Waals surface area contributed by atoms with E-state index in [0.717, 1.165) is 6.42 Å². The second kappa shape index (κ2) is 7.78. The van der Waals surface area contributed by atoms with Crippen molar-refractivity contribution >= 4 is 34.5 Å². The fraction of sp³-hybridized carbons (Fsp3) is 0.476. The molecule has 8 heteroatoms. The molecule has 2 heterocycles. The summed E-state index contributed by atoms with van der Waals surface area (Å²) in [7, 11) is 0. The largest absolute Gasteiger partial charge is 0.449 e. The first kappa shape index (κ1) is 19.9. The molecule has 1 saturated heterocycles. The van der Waals surface area contributed by atoms with E-state index in [0.29, 0.717) is 72.8 Å². The smallest absolute Gasteiger partial charge is 0.409 e. The average molecular weight is 420 g/mol. The van der Waals surface area contributed by atoms with E-state index >= 15 is 0 Å². The molecule has 2 aliphatic rings. The van der Waals surface area contributed by atoms with Crippen LogP contribution in [0.4, 0.5) is 9.18 Å². The van der Waals surface area contributed by atoms with Crippen molar-refractivity contribution in [3.63, 3.8) is 0 Å². The number of piperazine rings is 1. The summed E-state index contributed by atoms with van der Waals surface area (Å²) in [4.78, 5) is 32.6. The molecular weight excluding hydrogens is 397 g/mol. The van der Waals surface area contributed by atoms with E-state index in [9.17, 15) is 14.0 Å². The highest BCUT2D eigenvalue weighted by Gasteiger charge is 2.46. The van der Waals surface area contributed by atoms with Crippen LogP contribution in [0.3, 0.4) is 0 Å². The highest BCUT2D eigenvalue weighted by molar-refractivity contribution is 6.35. The van der Waals surface area contributed by atoms with E-state index in [1.165, 1.54) is 0 Å². The van der Waals surface area contributed by atoms with Crippen LogP contribution in [0.1, 0.15) is 42.2 Å². The lowest BCUT2D eigenvalue weighted by Gasteiger charge is -2.34. The van der Waals surface area contributed by atoms with Crippen molar-refractivity contribution in [1.82, 2.24) is 14.8 Å². The Labute approximate surface area is 173 Å². The van der Waals surface area contributed by atoms with Gasteiger partial charge in [0.1, 0.15) is 0 Å². The van der Waals surface area contributed by atoms with E-state index < -0.39 is 5.67 Å². The number of fused-ring (bicyclic) bond motifs is 1. The van der Waals surface area contributed by atoms with Crippen molar-refractivity contribution in [1.29, 1.82) is 0 Å². The molecule has 4 rings (SSSR count). The fourth-order valence-electron chi connectivity index (χ4n) is 3.47. The Balaban J connectivity index is 1.48. The lowest BCUT2D eigenvalue weighted by Crippen LogP contribution is -2.50. The van der Waals surface area contributed by atoms with E-state index in [-0.39, 0.29) is 12.0 Å². The molecule has 1 aliphatic heterocycles. The van der Waals surface area contributed by atoms with Crippen LogP contribution in [0.5, 0.6) is 0 Å². The molecule has 1 aromatic heterocycles. The van der Waals surface area contributed by atoms with Gasteiger partial charge in [0.2, 0.25) is 0 Å². The molecule has 6 nitrogen and oxygen atoms in total. The van der Waals surface area contributed by atoms with Gasteiger partial charge in [-0.15, -0.1) is 0 Å². The first-order valence-corrected chi connectivity index (χ1v) is 10.3. The molecule has 2 amide bonds. The number of pyridine rings is 1. The number of hydrogen-bond donors (Lipinski definition) is 0. The monoisotopic (exact) mass is 419 g/mol. The van der Waals surface area contributed by atoms with Crippen molar-refractivity contribution in [3.8, 4) is 0 Å². The van der Waals surface area contributed by atoms with Crippen LogP contribution in [0.2, 0.25) is 5.02 Å². The number of benzene rings is 1. The first-order valence-electron chi connectivity index (χ1n) is 9.92. The molecule has 0 bridgehead atoms. The molecule has 0 spiro atoms. The number of carbonyl (C=O) groups excluding carboxylic acids is 2. The number of alkyl halides is 1. The van der Waals surface area contributed by atoms with Crippen molar-refractivity contribution in [2.75, 3.05) is 32.8 Å². The fourth-order valence-corrected chi connectivity index (χ4v) is 3.73. The van der Waals surface area contributed by atoms with Crippen molar-refractivity contribution in [3.05, 3.63) is 40.5 Å². The molecule has 1 aromatic carbocycles. The number of carbonyl (C=O) groups is 2. The Morgan fingerprint density at radius 3 is 2.52 bits per heavy atom. The summed E-state index contributed by atoms with van der Waals surface area (Å²) >= 11 is 6.31. The Morgan fingerprint density at radius 2 is 1.86 bits per heavy atom. The van der Waals surface area contributed by atoms with Gasteiger partial charge in [-0.2, -0.15) is 0 Å². The standard InChI is InChI=1S/C21H23ClFN3O3/c1-2-11-29-20(28)26-9-7-25(8-10-26)19(27)14-3-4-15-16(22)13-18(21(23)5-6-21)24-17(15)12-14/h3-4,12-13H,2,5-11H2,1H3. The third kappa shape index (κ3) is 4.01. The molecular formula is C21H23ClFN3O3. The van der Waals surface area contributed by atoms with Gasteiger partial charge in [-0.25, -0.2) is 14.2 Å². The minimum Gasteiger partial charge on any atom is -0.449 e. The molecule has 0 unspecified atom stereocenters. The van der Waals surface area contributed by atoms with Crippen LogP contribution >= 0.6 is 11.6 Å². The lowest BCUT2D eigenvalue weighted by molar-refractivity contribution is 0.0560. The number of nitrogens with zero attached hydrogens (tertiary/aromatic N) is 3.